The second-order valence-electron chi connectivity index (χ2n) is 5.21. The van der Waals surface area contributed by atoms with E-state index in [4.69, 9.17) is 18.0 Å². The van der Waals surface area contributed by atoms with Crippen LogP contribution in [0.1, 0.15) is 45.5 Å². The number of carbonyl (C=O) groups excluding carboxylic acids is 1. The fourth-order valence-electron chi connectivity index (χ4n) is 1.98. The standard InChI is InChI=1S/C13H22N4OS2/c1-5-13(6-2,10(14)19)11(18)15-12-17-16-9(20-12)7-8(3)4/h8H,5-7H2,1-4H3,(H2,14,19)(H,15,17,18). The van der Waals surface area contributed by atoms with Crippen LogP contribution in [0.25, 0.3) is 0 Å². The van der Waals surface area contributed by atoms with Gasteiger partial charge in [-0.3, -0.25) is 10.1 Å². The molecule has 0 bridgehead atoms. The van der Waals surface area contributed by atoms with E-state index in [1.165, 1.54) is 11.3 Å². The number of rotatable bonds is 7. The lowest BCUT2D eigenvalue weighted by molar-refractivity contribution is -0.122. The zero-order chi connectivity index (χ0) is 15.3. The molecule has 0 aromatic carbocycles. The number of thiocarbonyl (C=S) groups is 1. The van der Waals surface area contributed by atoms with Crippen molar-refractivity contribution in [2.45, 2.75) is 47.0 Å². The highest BCUT2D eigenvalue weighted by Gasteiger charge is 2.38. The summed E-state index contributed by atoms with van der Waals surface area (Å²) in [4.78, 5) is 12.7. The molecule has 1 rings (SSSR count). The Morgan fingerprint density at radius 2 is 2.00 bits per heavy atom. The molecule has 1 amide bonds. The molecule has 1 aromatic heterocycles. The zero-order valence-electron chi connectivity index (χ0n) is 12.4. The van der Waals surface area contributed by atoms with Crippen molar-refractivity contribution in [2.75, 3.05) is 5.32 Å². The highest BCUT2D eigenvalue weighted by atomic mass is 32.1. The van der Waals surface area contributed by atoms with Crippen LogP contribution in [-0.4, -0.2) is 21.1 Å². The summed E-state index contributed by atoms with van der Waals surface area (Å²) < 4.78 is 0. The van der Waals surface area contributed by atoms with Gasteiger partial charge in [-0.15, -0.1) is 10.2 Å². The van der Waals surface area contributed by atoms with Gasteiger partial charge in [-0.2, -0.15) is 0 Å². The Morgan fingerprint density at radius 3 is 2.45 bits per heavy atom. The Balaban J connectivity index is 2.84. The van der Waals surface area contributed by atoms with E-state index in [9.17, 15) is 4.79 Å². The van der Waals surface area contributed by atoms with E-state index in [2.05, 4.69) is 29.4 Å². The van der Waals surface area contributed by atoms with Crippen molar-refractivity contribution in [3.05, 3.63) is 5.01 Å². The second-order valence-corrected chi connectivity index (χ2v) is 6.71. The van der Waals surface area contributed by atoms with Gasteiger partial charge in [0.2, 0.25) is 11.0 Å². The SMILES string of the molecule is CCC(CC)(C(=O)Nc1nnc(CC(C)C)s1)C(N)=S. The Kier molecular flexibility index (Phi) is 6.01. The minimum Gasteiger partial charge on any atom is -0.392 e. The topological polar surface area (TPSA) is 80.9 Å². The van der Waals surface area contributed by atoms with Crippen molar-refractivity contribution in [1.29, 1.82) is 0 Å². The van der Waals surface area contributed by atoms with E-state index in [1.54, 1.807) is 0 Å². The summed E-state index contributed by atoms with van der Waals surface area (Å²) in [5.41, 5.74) is 4.95. The van der Waals surface area contributed by atoms with Crippen LogP contribution >= 0.6 is 23.6 Å². The number of nitrogens with one attached hydrogen (secondary N) is 1. The lowest BCUT2D eigenvalue weighted by Gasteiger charge is -2.28. The monoisotopic (exact) mass is 314 g/mol. The van der Waals surface area contributed by atoms with Crippen LogP contribution in [-0.2, 0) is 11.2 Å². The summed E-state index contributed by atoms with van der Waals surface area (Å²) in [5.74, 6) is 0.316. The molecule has 0 spiro atoms. The van der Waals surface area contributed by atoms with Gasteiger partial charge in [-0.25, -0.2) is 0 Å². The van der Waals surface area contributed by atoms with Crippen LogP contribution in [0.3, 0.4) is 0 Å². The smallest absolute Gasteiger partial charge is 0.239 e. The van der Waals surface area contributed by atoms with Crippen molar-refractivity contribution in [3.63, 3.8) is 0 Å². The van der Waals surface area contributed by atoms with Crippen molar-refractivity contribution >= 4 is 39.6 Å². The number of anilines is 1. The van der Waals surface area contributed by atoms with Gasteiger partial charge < -0.3 is 5.73 Å². The van der Waals surface area contributed by atoms with E-state index in [1.807, 2.05) is 13.8 Å². The minimum absolute atomic E-state index is 0.192. The second kappa shape index (κ2) is 7.08. The van der Waals surface area contributed by atoms with Crippen LogP contribution in [0.5, 0.6) is 0 Å². The molecule has 20 heavy (non-hydrogen) atoms. The van der Waals surface area contributed by atoms with Crippen LogP contribution in [0.4, 0.5) is 5.13 Å². The van der Waals surface area contributed by atoms with Crippen LogP contribution in [0.2, 0.25) is 0 Å². The van der Waals surface area contributed by atoms with Gasteiger partial charge in [-0.1, -0.05) is 51.2 Å². The van der Waals surface area contributed by atoms with Crippen molar-refractivity contribution in [1.82, 2.24) is 10.2 Å². The number of carbonyl (C=O) groups is 1. The summed E-state index contributed by atoms with van der Waals surface area (Å²) in [6, 6.07) is 0. The first-order valence-corrected chi connectivity index (χ1v) is 8.01. The van der Waals surface area contributed by atoms with Crippen molar-refractivity contribution in [2.24, 2.45) is 17.1 Å². The van der Waals surface area contributed by atoms with Crippen LogP contribution < -0.4 is 11.1 Å². The maximum atomic E-state index is 12.4. The van der Waals surface area contributed by atoms with Crippen LogP contribution in [0, 0.1) is 11.3 Å². The third kappa shape index (κ3) is 3.73. The largest absolute Gasteiger partial charge is 0.392 e. The number of hydrogen-bond acceptors (Lipinski definition) is 5. The van der Waals surface area contributed by atoms with Gasteiger partial charge in [-0.05, 0) is 18.8 Å². The lowest BCUT2D eigenvalue weighted by atomic mass is 9.81. The van der Waals surface area contributed by atoms with Gasteiger partial charge in [0.25, 0.3) is 0 Å². The summed E-state index contributed by atoms with van der Waals surface area (Å²) in [6.07, 6.45) is 2.00. The molecule has 0 aliphatic carbocycles. The predicted octanol–water partition coefficient (Wildman–Crippen LogP) is 2.77. The molecule has 0 saturated heterocycles. The zero-order valence-corrected chi connectivity index (χ0v) is 14.0. The van der Waals surface area contributed by atoms with E-state index < -0.39 is 5.41 Å². The Morgan fingerprint density at radius 1 is 1.40 bits per heavy atom. The molecule has 3 N–H and O–H groups in total. The first-order valence-electron chi connectivity index (χ1n) is 6.79. The van der Waals surface area contributed by atoms with Crippen molar-refractivity contribution in [3.8, 4) is 0 Å². The molecular weight excluding hydrogens is 292 g/mol. The van der Waals surface area contributed by atoms with Crippen LogP contribution in [0.15, 0.2) is 0 Å². The Bertz CT molecular complexity index is 480. The Hall–Kier alpha value is -1.08. The Labute approximate surface area is 129 Å². The molecule has 0 radical (unpaired) electrons. The lowest BCUT2D eigenvalue weighted by Crippen LogP contribution is -2.45. The molecule has 0 fully saturated rings. The third-order valence-corrected chi connectivity index (χ3v) is 4.64. The third-order valence-electron chi connectivity index (χ3n) is 3.38. The average Bonchev–Trinajstić information content (AvgIpc) is 2.77. The van der Waals surface area contributed by atoms with Gasteiger partial charge in [0.1, 0.15) is 5.01 Å². The molecule has 1 aromatic rings. The predicted molar refractivity (Wildman–Crippen MR) is 86.9 cm³/mol. The first kappa shape index (κ1) is 17.0. The molecule has 0 aliphatic rings. The quantitative estimate of drug-likeness (QED) is 0.756. The summed E-state index contributed by atoms with van der Waals surface area (Å²) in [5, 5.41) is 12.3. The molecule has 0 unspecified atom stereocenters. The van der Waals surface area contributed by atoms with E-state index in [-0.39, 0.29) is 10.9 Å². The number of hydrogen-bond donors (Lipinski definition) is 2. The normalized spacial score (nSPS) is 11.7. The fraction of sp³-hybridized carbons (Fsp3) is 0.692. The number of nitrogens with two attached hydrogens (primary N) is 1. The first-order chi connectivity index (χ1) is 9.35. The minimum atomic E-state index is -0.806. The van der Waals surface area contributed by atoms with Gasteiger partial charge in [0, 0.05) is 6.42 Å². The highest BCUT2D eigenvalue weighted by molar-refractivity contribution is 7.80. The molecule has 0 aliphatic heterocycles. The van der Waals surface area contributed by atoms with Crippen molar-refractivity contribution < 1.29 is 4.79 Å². The average molecular weight is 314 g/mol. The summed E-state index contributed by atoms with van der Waals surface area (Å²) in [6.45, 7) is 8.05. The maximum absolute atomic E-state index is 12.4. The number of nitrogens with zero attached hydrogens (tertiary/aromatic N) is 2. The van der Waals surface area contributed by atoms with E-state index in [0.717, 1.165) is 11.4 Å². The van der Waals surface area contributed by atoms with Gasteiger partial charge in [0.05, 0.1) is 10.4 Å². The fourth-order valence-corrected chi connectivity index (χ4v) is 3.31. The molecule has 7 heteroatoms. The molecule has 112 valence electrons. The van der Waals surface area contributed by atoms with Gasteiger partial charge in [0.15, 0.2) is 0 Å². The van der Waals surface area contributed by atoms with Gasteiger partial charge >= 0.3 is 0 Å². The number of aromatic nitrogens is 2. The van der Waals surface area contributed by atoms with E-state index in [0.29, 0.717) is 23.9 Å². The molecule has 5 nitrogen and oxygen atoms in total. The maximum Gasteiger partial charge on any atom is 0.239 e. The molecule has 1 heterocycles. The van der Waals surface area contributed by atoms with E-state index >= 15 is 0 Å². The molecule has 0 atom stereocenters. The number of amides is 1. The molecule has 0 saturated carbocycles. The summed E-state index contributed by atoms with van der Waals surface area (Å²) >= 11 is 6.47. The summed E-state index contributed by atoms with van der Waals surface area (Å²) in [7, 11) is 0. The molecular formula is C13H22N4OS2. The highest BCUT2D eigenvalue weighted by Crippen LogP contribution is 2.29.